The first-order valence-corrected chi connectivity index (χ1v) is 7.89. The smallest absolute Gasteiger partial charge is 0.307 e. The fourth-order valence-electron chi connectivity index (χ4n) is 2.58. The van der Waals surface area contributed by atoms with Gasteiger partial charge in [0.25, 0.3) is 10.2 Å². The van der Waals surface area contributed by atoms with Gasteiger partial charge in [-0.25, -0.2) is 0 Å². The van der Waals surface area contributed by atoms with Crippen molar-refractivity contribution in [1.82, 2.24) is 8.61 Å². The normalized spacial score (nSPS) is 28.1. The minimum Gasteiger partial charge on any atom is -0.481 e. The van der Waals surface area contributed by atoms with Crippen LogP contribution in [-0.4, -0.2) is 54.3 Å². The van der Waals surface area contributed by atoms with Crippen LogP contribution >= 0.6 is 0 Å². The highest BCUT2D eigenvalue weighted by molar-refractivity contribution is 7.86. The lowest BCUT2D eigenvalue weighted by Crippen LogP contribution is -2.43. The van der Waals surface area contributed by atoms with Crippen LogP contribution in [-0.2, 0) is 15.0 Å². The second-order valence-corrected chi connectivity index (χ2v) is 6.93. The Balaban J connectivity index is 2.04. The Hall–Kier alpha value is -0.660. The molecule has 6 nitrogen and oxygen atoms in total. The van der Waals surface area contributed by atoms with E-state index in [1.165, 1.54) is 8.61 Å². The van der Waals surface area contributed by atoms with E-state index in [1.807, 2.05) is 0 Å². The molecule has 0 saturated carbocycles. The van der Waals surface area contributed by atoms with Crippen LogP contribution in [0.1, 0.15) is 32.1 Å². The van der Waals surface area contributed by atoms with E-state index in [-0.39, 0.29) is 6.54 Å². The standard InChI is InChI=1S/C11H20N2O4S/c14-11(15)10-5-8-13(9-10)18(16,17)12-6-3-1-2-4-7-12/h10H,1-9H2,(H,14,15)/t10-/m0/s1. The molecule has 0 aromatic carbocycles. The molecule has 0 spiro atoms. The topological polar surface area (TPSA) is 77.9 Å². The van der Waals surface area contributed by atoms with Gasteiger partial charge in [0.1, 0.15) is 0 Å². The highest BCUT2D eigenvalue weighted by atomic mass is 32.2. The minimum atomic E-state index is -3.45. The molecular weight excluding hydrogens is 256 g/mol. The van der Waals surface area contributed by atoms with Crippen molar-refractivity contribution in [2.75, 3.05) is 26.2 Å². The summed E-state index contributed by atoms with van der Waals surface area (Å²) in [7, 11) is -3.45. The van der Waals surface area contributed by atoms with Gasteiger partial charge in [0, 0.05) is 26.2 Å². The molecule has 1 N–H and O–H groups in total. The Labute approximate surface area is 108 Å². The molecule has 2 rings (SSSR count). The van der Waals surface area contributed by atoms with Crippen molar-refractivity contribution < 1.29 is 18.3 Å². The molecule has 0 amide bonds. The lowest BCUT2D eigenvalue weighted by atomic mass is 10.1. The highest BCUT2D eigenvalue weighted by Crippen LogP contribution is 2.23. The number of hydrogen-bond donors (Lipinski definition) is 1. The molecule has 7 heteroatoms. The van der Waals surface area contributed by atoms with Gasteiger partial charge in [-0.05, 0) is 19.3 Å². The van der Waals surface area contributed by atoms with Gasteiger partial charge in [0.2, 0.25) is 0 Å². The van der Waals surface area contributed by atoms with Gasteiger partial charge < -0.3 is 5.11 Å². The maximum Gasteiger partial charge on any atom is 0.307 e. The van der Waals surface area contributed by atoms with Gasteiger partial charge in [0.05, 0.1) is 5.92 Å². The third-order valence-corrected chi connectivity index (χ3v) is 5.72. The van der Waals surface area contributed by atoms with E-state index in [9.17, 15) is 13.2 Å². The maximum atomic E-state index is 12.4. The van der Waals surface area contributed by atoms with Crippen LogP contribution in [0.4, 0.5) is 0 Å². The number of hydrogen-bond acceptors (Lipinski definition) is 3. The minimum absolute atomic E-state index is 0.119. The summed E-state index contributed by atoms with van der Waals surface area (Å²) >= 11 is 0. The maximum absolute atomic E-state index is 12.4. The van der Waals surface area contributed by atoms with Crippen molar-refractivity contribution >= 4 is 16.2 Å². The Morgan fingerprint density at radius 1 is 1.00 bits per heavy atom. The van der Waals surface area contributed by atoms with Crippen molar-refractivity contribution in [3.63, 3.8) is 0 Å². The monoisotopic (exact) mass is 276 g/mol. The summed E-state index contributed by atoms with van der Waals surface area (Å²) in [5.41, 5.74) is 0. The summed E-state index contributed by atoms with van der Waals surface area (Å²) in [5.74, 6) is -1.45. The quantitative estimate of drug-likeness (QED) is 0.815. The van der Waals surface area contributed by atoms with Crippen molar-refractivity contribution in [3.05, 3.63) is 0 Å². The molecular formula is C11H20N2O4S. The first-order valence-electron chi connectivity index (χ1n) is 6.50. The molecule has 104 valence electrons. The number of aliphatic carboxylic acids is 1. The average molecular weight is 276 g/mol. The van der Waals surface area contributed by atoms with Gasteiger partial charge in [-0.3, -0.25) is 4.79 Å². The Bertz CT molecular complexity index is 401. The van der Waals surface area contributed by atoms with E-state index in [1.54, 1.807) is 0 Å². The predicted octanol–water partition coefficient (Wildman–Crippen LogP) is 0.514. The summed E-state index contributed by atoms with van der Waals surface area (Å²) in [5, 5.41) is 8.92. The van der Waals surface area contributed by atoms with E-state index in [0.29, 0.717) is 26.1 Å². The third-order valence-electron chi connectivity index (χ3n) is 3.72. The molecule has 2 saturated heterocycles. The summed E-state index contributed by atoms with van der Waals surface area (Å²) in [6.45, 7) is 1.58. The first-order chi connectivity index (χ1) is 8.51. The van der Waals surface area contributed by atoms with Gasteiger partial charge in [0.15, 0.2) is 0 Å². The molecule has 2 aliphatic heterocycles. The van der Waals surface area contributed by atoms with Crippen LogP contribution in [0.3, 0.4) is 0 Å². The number of nitrogens with zero attached hydrogens (tertiary/aromatic N) is 2. The van der Waals surface area contributed by atoms with Gasteiger partial charge in [-0.1, -0.05) is 12.8 Å². The zero-order chi connectivity index (χ0) is 13.2. The van der Waals surface area contributed by atoms with Crippen molar-refractivity contribution in [2.24, 2.45) is 5.92 Å². The Morgan fingerprint density at radius 2 is 1.61 bits per heavy atom. The van der Waals surface area contributed by atoms with Gasteiger partial charge >= 0.3 is 5.97 Å². The first kappa shape index (κ1) is 13.8. The highest BCUT2D eigenvalue weighted by Gasteiger charge is 2.38. The molecule has 2 fully saturated rings. The average Bonchev–Trinajstić information content (AvgIpc) is 2.66. The lowest BCUT2D eigenvalue weighted by molar-refractivity contribution is -0.141. The number of carboxylic acids is 1. The van der Waals surface area contributed by atoms with Crippen LogP contribution in [0.15, 0.2) is 0 Å². The van der Waals surface area contributed by atoms with Crippen LogP contribution in [0.25, 0.3) is 0 Å². The lowest BCUT2D eigenvalue weighted by Gasteiger charge is -2.25. The number of carbonyl (C=O) groups is 1. The molecule has 0 bridgehead atoms. The molecule has 2 aliphatic rings. The summed E-state index contributed by atoms with van der Waals surface area (Å²) in [6, 6.07) is 0. The molecule has 0 unspecified atom stereocenters. The zero-order valence-corrected chi connectivity index (χ0v) is 11.2. The van der Waals surface area contributed by atoms with E-state index >= 15 is 0 Å². The van der Waals surface area contributed by atoms with Crippen LogP contribution in [0, 0.1) is 5.92 Å². The molecule has 0 radical (unpaired) electrons. The van der Waals surface area contributed by atoms with Crippen molar-refractivity contribution in [1.29, 1.82) is 0 Å². The second kappa shape index (κ2) is 5.54. The fraction of sp³-hybridized carbons (Fsp3) is 0.909. The predicted molar refractivity (Wildman–Crippen MR) is 66.3 cm³/mol. The fourth-order valence-corrected chi connectivity index (χ4v) is 4.33. The number of rotatable bonds is 3. The van der Waals surface area contributed by atoms with Crippen LogP contribution in [0.2, 0.25) is 0 Å². The summed E-state index contributed by atoms with van der Waals surface area (Å²) < 4.78 is 27.6. The molecule has 0 aromatic rings. The van der Waals surface area contributed by atoms with Crippen molar-refractivity contribution in [2.45, 2.75) is 32.1 Å². The van der Waals surface area contributed by atoms with Crippen LogP contribution < -0.4 is 0 Å². The molecule has 0 aliphatic carbocycles. The van der Waals surface area contributed by atoms with E-state index in [2.05, 4.69) is 0 Å². The zero-order valence-electron chi connectivity index (χ0n) is 10.4. The van der Waals surface area contributed by atoms with E-state index in [0.717, 1.165) is 25.7 Å². The Kier molecular flexibility index (Phi) is 4.24. The van der Waals surface area contributed by atoms with Gasteiger partial charge in [-0.2, -0.15) is 17.0 Å². The summed E-state index contributed by atoms with van der Waals surface area (Å²) in [4.78, 5) is 10.9. The SMILES string of the molecule is O=C(O)[C@H]1CCN(S(=O)(=O)N2CCCCCC2)C1. The van der Waals surface area contributed by atoms with E-state index < -0.39 is 22.1 Å². The molecule has 18 heavy (non-hydrogen) atoms. The van der Waals surface area contributed by atoms with Crippen molar-refractivity contribution in [3.8, 4) is 0 Å². The third kappa shape index (κ3) is 2.84. The van der Waals surface area contributed by atoms with Crippen LogP contribution in [0.5, 0.6) is 0 Å². The largest absolute Gasteiger partial charge is 0.481 e. The number of carboxylic acid groups (broad SMARTS) is 1. The van der Waals surface area contributed by atoms with E-state index in [4.69, 9.17) is 5.11 Å². The Morgan fingerprint density at radius 3 is 2.11 bits per heavy atom. The summed E-state index contributed by atoms with van der Waals surface area (Å²) in [6.07, 6.45) is 4.36. The molecule has 1 atom stereocenters. The molecule has 2 heterocycles. The second-order valence-electron chi connectivity index (χ2n) is 5.00. The van der Waals surface area contributed by atoms with Gasteiger partial charge in [-0.15, -0.1) is 0 Å². The molecule has 0 aromatic heterocycles.